The van der Waals surface area contributed by atoms with Crippen LogP contribution in [0, 0.1) is 0 Å². The second kappa shape index (κ2) is 6.29. The van der Waals surface area contributed by atoms with E-state index in [1.54, 1.807) is 23.1 Å². The molecule has 102 valence electrons. The fourth-order valence-electron chi connectivity index (χ4n) is 1.78. The average molecular weight is 345 g/mol. The predicted molar refractivity (Wildman–Crippen MR) is 76.8 cm³/mol. The Morgan fingerprint density at radius 2 is 2.32 bits per heavy atom. The van der Waals surface area contributed by atoms with E-state index < -0.39 is 5.97 Å². The summed E-state index contributed by atoms with van der Waals surface area (Å²) in [5.41, 5.74) is 0.291. The van der Waals surface area contributed by atoms with Gasteiger partial charge in [0.15, 0.2) is 0 Å². The molecular formula is C12H13BrN2O3S. The first-order valence-electron chi connectivity index (χ1n) is 5.76. The van der Waals surface area contributed by atoms with E-state index in [0.29, 0.717) is 35.8 Å². The standard InChI is InChI=1S/C12H13BrN2O3S/c13-8-1-2-9(11(16)17)10(7-8)19-6-5-15-4-3-14-12(15)18/h1-2,7H,3-6H2,(H,14,18)(H,16,17). The van der Waals surface area contributed by atoms with E-state index >= 15 is 0 Å². The Balaban J connectivity index is 1.97. The second-order valence-corrected chi connectivity index (χ2v) is 6.07. The zero-order chi connectivity index (χ0) is 13.8. The lowest BCUT2D eigenvalue weighted by atomic mass is 10.2. The van der Waals surface area contributed by atoms with Gasteiger partial charge in [0, 0.05) is 34.8 Å². The van der Waals surface area contributed by atoms with Gasteiger partial charge in [0.05, 0.1) is 5.56 Å². The number of rotatable bonds is 5. The van der Waals surface area contributed by atoms with Gasteiger partial charge < -0.3 is 15.3 Å². The van der Waals surface area contributed by atoms with E-state index in [4.69, 9.17) is 5.11 Å². The van der Waals surface area contributed by atoms with Gasteiger partial charge in [-0.15, -0.1) is 11.8 Å². The summed E-state index contributed by atoms with van der Waals surface area (Å²) in [6.07, 6.45) is 0. The van der Waals surface area contributed by atoms with Crippen LogP contribution in [0.1, 0.15) is 10.4 Å². The molecule has 1 aromatic rings. The lowest BCUT2D eigenvalue weighted by Crippen LogP contribution is -2.30. The number of urea groups is 1. The monoisotopic (exact) mass is 344 g/mol. The van der Waals surface area contributed by atoms with E-state index in [9.17, 15) is 9.59 Å². The fourth-order valence-corrected chi connectivity index (χ4v) is 3.35. The molecule has 0 atom stereocenters. The van der Waals surface area contributed by atoms with Crippen molar-refractivity contribution in [1.29, 1.82) is 0 Å². The Bertz CT molecular complexity index is 510. The summed E-state index contributed by atoms with van der Waals surface area (Å²) < 4.78 is 0.846. The molecule has 0 saturated carbocycles. The van der Waals surface area contributed by atoms with Crippen molar-refractivity contribution in [3.05, 3.63) is 28.2 Å². The molecule has 2 rings (SSSR count). The first kappa shape index (κ1) is 14.2. The van der Waals surface area contributed by atoms with Gasteiger partial charge in [0.25, 0.3) is 0 Å². The van der Waals surface area contributed by atoms with Crippen LogP contribution in [0.15, 0.2) is 27.6 Å². The van der Waals surface area contributed by atoms with Crippen LogP contribution >= 0.6 is 27.7 Å². The molecule has 0 aromatic heterocycles. The van der Waals surface area contributed by atoms with Crippen LogP contribution in [0.5, 0.6) is 0 Å². The van der Waals surface area contributed by atoms with E-state index in [0.717, 1.165) is 4.47 Å². The zero-order valence-corrected chi connectivity index (χ0v) is 12.5. The van der Waals surface area contributed by atoms with Crippen LogP contribution in [0.3, 0.4) is 0 Å². The van der Waals surface area contributed by atoms with E-state index in [1.165, 1.54) is 11.8 Å². The van der Waals surface area contributed by atoms with Crippen LogP contribution in [0.4, 0.5) is 4.79 Å². The molecular weight excluding hydrogens is 332 g/mol. The van der Waals surface area contributed by atoms with Crippen LogP contribution in [-0.2, 0) is 0 Å². The summed E-state index contributed by atoms with van der Waals surface area (Å²) in [5.74, 6) is -0.265. The average Bonchev–Trinajstić information content (AvgIpc) is 2.75. The van der Waals surface area contributed by atoms with Gasteiger partial charge >= 0.3 is 12.0 Å². The highest BCUT2D eigenvalue weighted by Crippen LogP contribution is 2.26. The zero-order valence-electron chi connectivity index (χ0n) is 10.1. The van der Waals surface area contributed by atoms with Crippen LogP contribution < -0.4 is 5.32 Å². The number of nitrogens with zero attached hydrogens (tertiary/aromatic N) is 1. The number of carboxylic acid groups (broad SMARTS) is 1. The molecule has 2 amide bonds. The van der Waals surface area contributed by atoms with Crippen molar-refractivity contribution >= 4 is 39.7 Å². The van der Waals surface area contributed by atoms with Crippen LogP contribution in [0.2, 0.25) is 0 Å². The minimum absolute atomic E-state index is 0.0479. The highest BCUT2D eigenvalue weighted by Gasteiger charge is 2.19. The molecule has 0 aliphatic carbocycles. The Kier molecular flexibility index (Phi) is 4.71. The van der Waals surface area contributed by atoms with Crippen molar-refractivity contribution in [2.75, 3.05) is 25.4 Å². The molecule has 19 heavy (non-hydrogen) atoms. The van der Waals surface area contributed by atoms with Gasteiger partial charge in [0.1, 0.15) is 0 Å². The topological polar surface area (TPSA) is 69.6 Å². The molecule has 0 unspecified atom stereocenters. The molecule has 1 aliphatic heterocycles. The van der Waals surface area contributed by atoms with Gasteiger partial charge in [-0.2, -0.15) is 0 Å². The molecule has 2 N–H and O–H groups in total. The van der Waals surface area contributed by atoms with Gasteiger partial charge in [0.2, 0.25) is 0 Å². The molecule has 1 aliphatic rings. The number of hydrogen-bond donors (Lipinski definition) is 2. The van der Waals surface area contributed by atoms with E-state index in [2.05, 4.69) is 21.2 Å². The molecule has 1 saturated heterocycles. The van der Waals surface area contributed by atoms with Gasteiger partial charge in [-0.3, -0.25) is 0 Å². The van der Waals surface area contributed by atoms with Crippen LogP contribution in [0.25, 0.3) is 0 Å². The Labute approximate surface area is 123 Å². The molecule has 0 bridgehead atoms. The number of thioether (sulfide) groups is 1. The number of carbonyl (C=O) groups excluding carboxylic acids is 1. The minimum Gasteiger partial charge on any atom is -0.478 e. The summed E-state index contributed by atoms with van der Waals surface area (Å²) in [6, 6.07) is 5.03. The number of nitrogens with one attached hydrogen (secondary N) is 1. The third-order valence-electron chi connectivity index (χ3n) is 2.74. The Morgan fingerprint density at radius 3 is 2.95 bits per heavy atom. The Morgan fingerprint density at radius 1 is 1.53 bits per heavy atom. The summed E-state index contributed by atoms with van der Waals surface area (Å²) >= 11 is 4.78. The van der Waals surface area contributed by atoms with Crippen molar-refractivity contribution in [3.63, 3.8) is 0 Å². The van der Waals surface area contributed by atoms with Crippen molar-refractivity contribution in [1.82, 2.24) is 10.2 Å². The lowest BCUT2D eigenvalue weighted by molar-refractivity contribution is 0.0693. The molecule has 5 nitrogen and oxygen atoms in total. The normalized spacial score (nSPS) is 14.6. The van der Waals surface area contributed by atoms with E-state index in [1.807, 2.05) is 0 Å². The van der Waals surface area contributed by atoms with Gasteiger partial charge in [-0.25, -0.2) is 9.59 Å². The molecule has 7 heteroatoms. The largest absolute Gasteiger partial charge is 0.478 e. The van der Waals surface area contributed by atoms with Gasteiger partial charge in [-0.1, -0.05) is 15.9 Å². The summed E-state index contributed by atoms with van der Waals surface area (Å²) in [7, 11) is 0. The number of aromatic carboxylic acids is 1. The number of amides is 2. The third-order valence-corrected chi connectivity index (χ3v) is 4.27. The number of halogens is 1. The molecule has 1 aromatic carbocycles. The SMILES string of the molecule is O=C(O)c1ccc(Br)cc1SCCN1CCNC1=O. The quantitative estimate of drug-likeness (QED) is 0.804. The Hall–Kier alpha value is -1.21. The lowest BCUT2D eigenvalue weighted by Gasteiger charge is -2.14. The maximum Gasteiger partial charge on any atom is 0.336 e. The molecule has 1 fully saturated rings. The number of hydrogen-bond acceptors (Lipinski definition) is 3. The van der Waals surface area contributed by atoms with E-state index in [-0.39, 0.29) is 6.03 Å². The first-order valence-corrected chi connectivity index (χ1v) is 7.54. The smallest absolute Gasteiger partial charge is 0.336 e. The van der Waals surface area contributed by atoms with Crippen molar-refractivity contribution in [3.8, 4) is 0 Å². The summed E-state index contributed by atoms with van der Waals surface area (Å²) in [6.45, 7) is 2.01. The molecule has 0 radical (unpaired) electrons. The van der Waals surface area contributed by atoms with Crippen molar-refractivity contribution < 1.29 is 14.7 Å². The number of carbonyl (C=O) groups is 2. The summed E-state index contributed by atoms with van der Waals surface area (Å²) in [5, 5.41) is 11.8. The highest BCUT2D eigenvalue weighted by atomic mass is 79.9. The fraction of sp³-hybridized carbons (Fsp3) is 0.333. The highest BCUT2D eigenvalue weighted by molar-refractivity contribution is 9.10. The number of carboxylic acids is 1. The van der Waals surface area contributed by atoms with Gasteiger partial charge in [-0.05, 0) is 18.2 Å². The summed E-state index contributed by atoms with van der Waals surface area (Å²) in [4.78, 5) is 24.9. The minimum atomic E-state index is -0.936. The molecule has 0 spiro atoms. The number of benzene rings is 1. The maximum atomic E-state index is 11.3. The second-order valence-electron chi connectivity index (χ2n) is 4.01. The van der Waals surface area contributed by atoms with Crippen molar-refractivity contribution in [2.45, 2.75) is 4.90 Å². The van der Waals surface area contributed by atoms with Crippen LogP contribution in [-0.4, -0.2) is 47.4 Å². The first-order chi connectivity index (χ1) is 9.08. The third kappa shape index (κ3) is 3.63. The predicted octanol–water partition coefficient (Wildman–Crippen LogP) is 2.26. The molecule has 1 heterocycles. The van der Waals surface area contributed by atoms with Crippen molar-refractivity contribution in [2.24, 2.45) is 0 Å². The maximum absolute atomic E-state index is 11.3.